The van der Waals surface area contributed by atoms with E-state index in [4.69, 9.17) is 4.74 Å². The van der Waals surface area contributed by atoms with Crippen molar-refractivity contribution < 1.29 is 4.74 Å². The number of hydrogen-bond donors (Lipinski definition) is 1. The Bertz CT molecular complexity index is 360. The normalized spacial score (nSPS) is 16.6. The summed E-state index contributed by atoms with van der Waals surface area (Å²) >= 11 is 0. The monoisotopic (exact) mass is 247 g/mol. The summed E-state index contributed by atoms with van der Waals surface area (Å²) in [5.74, 6) is 1.05. The zero-order chi connectivity index (χ0) is 12.8. The van der Waals surface area contributed by atoms with E-state index in [1.165, 1.54) is 31.2 Å². The van der Waals surface area contributed by atoms with Gasteiger partial charge in [0, 0.05) is 6.04 Å². The van der Waals surface area contributed by atoms with E-state index < -0.39 is 0 Å². The van der Waals surface area contributed by atoms with Gasteiger partial charge in [-0.1, -0.05) is 26.0 Å². The van der Waals surface area contributed by atoms with Gasteiger partial charge in [0.1, 0.15) is 5.75 Å². The van der Waals surface area contributed by atoms with Crippen LogP contribution in [0, 0.1) is 0 Å². The molecule has 0 bridgehead atoms. The van der Waals surface area contributed by atoms with E-state index in [9.17, 15) is 0 Å². The fraction of sp³-hybridized carbons (Fsp3) is 0.625. The highest BCUT2D eigenvalue weighted by Crippen LogP contribution is 2.27. The number of aryl methyl sites for hydroxylation is 1. The van der Waals surface area contributed by atoms with Crippen LogP contribution >= 0.6 is 0 Å². The Morgan fingerprint density at radius 3 is 2.83 bits per heavy atom. The van der Waals surface area contributed by atoms with Crippen molar-refractivity contribution in [3.05, 3.63) is 29.8 Å². The van der Waals surface area contributed by atoms with Crippen molar-refractivity contribution in [1.82, 2.24) is 5.32 Å². The lowest BCUT2D eigenvalue weighted by atomic mass is 10.0. The fourth-order valence-electron chi connectivity index (χ4n) is 2.23. The molecule has 0 saturated heterocycles. The topological polar surface area (TPSA) is 21.3 Å². The van der Waals surface area contributed by atoms with Crippen molar-refractivity contribution in [1.29, 1.82) is 0 Å². The summed E-state index contributed by atoms with van der Waals surface area (Å²) in [5.41, 5.74) is 1.39. The summed E-state index contributed by atoms with van der Waals surface area (Å²) in [5, 5.41) is 3.53. The zero-order valence-electron chi connectivity index (χ0n) is 11.6. The molecule has 0 aliphatic heterocycles. The zero-order valence-corrected chi connectivity index (χ0v) is 11.6. The van der Waals surface area contributed by atoms with Gasteiger partial charge in [-0.15, -0.1) is 0 Å². The molecule has 1 aliphatic rings. The predicted octanol–water partition coefficient (Wildman–Crippen LogP) is 3.55. The summed E-state index contributed by atoms with van der Waals surface area (Å²) < 4.78 is 5.83. The van der Waals surface area contributed by atoms with E-state index in [-0.39, 0.29) is 0 Å². The number of rotatable bonds is 8. The summed E-state index contributed by atoms with van der Waals surface area (Å²) in [7, 11) is 0. The first kappa shape index (κ1) is 13.4. The number of hydrogen-bond acceptors (Lipinski definition) is 2. The molecule has 1 aromatic rings. The van der Waals surface area contributed by atoms with Crippen LogP contribution in [-0.4, -0.2) is 18.7 Å². The van der Waals surface area contributed by atoms with Crippen molar-refractivity contribution in [2.75, 3.05) is 6.54 Å². The Hall–Kier alpha value is -1.02. The van der Waals surface area contributed by atoms with Crippen LogP contribution in [0.3, 0.4) is 0 Å². The third-order valence-electron chi connectivity index (χ3n) is 3.49. The number of nitrogens with one attached hydrogen (secondary N) is 1. The maximum atomic E-state index is 5.83. The average Bonchev–Trinajstić information content (AvgIpc) is 3.19. The molecule has 2 heteroatoms. The second kappa shape index (κ2) is 6.79. The van der Waals surface area contributed by atoms with Gasteiger partial charge in [0.2, 0.25) is 0 Å². The van der Waals surface area contributed by atoms with E-state index in [0.29, 0.717) is 12.1 Å². The van der Waals surface area contributed by atoms with Gasteiger partial charge in [0.15, 0.2) is 0 Å². The molecule has 0 spiro atoms. The molecule has 1 unspecified atom stereocenters. The van der Waals surface area contributed by atoms with Crippen LogP contribution in [0.1, 0.15) is 45.1 Å². The van der Waals surface area contributed by atoms with Crippen molar-refractivity contribution in [2.45, 2.75) is 58.1 Å². The van der Waals surface area contributed by atoms with Gasteiger partial charge in [-0.2, -0.15) is 0 Å². The second-order valence-electron chi connectivity index (χ2n) is 5.17. The first-order valence-corrected chi connectivity index (χ1v) is 7.30. The van der Waals surface area contributed by atoms with Gasteiger partial charge < -0.3 is 10.1 Å². The summed E-state index contributed by atoms with van der Waals surface area (Å²) in [6.45, 7) is 5.48. The predicted molar refractivity (Wildman–Crippen MR) is 76.2 cm³/mol. The van der Waals surface area contributed by atoms with Crippen molar-refractivity contribution in [3.63, 3.8) is 0 Å². The summed E-state index contributed by atoms with van der Waals surface area (Å²) in [6, 6.07) is 9.24. The van der Waals surface area contributed by atoms with Gasteiger partial charge in [0.25, 0.3) is 0 Å². The molecule has 2 rings (SSSR count). The molecule has 1 fully saturated rings. The van der Waals surface area contributed by atoms with Crippen LogP contribution in [0.4, 0.5) is 0 Å². The Morgan fingerprint density at radius 2 is 2.17 bits per heavy atom. The molecule has 0 aromatic heterocycles. The molecule has 1 atom stereocenters. The third-order valence-corrected chi connectivity index (χ3v) is 3.49. The van der Waals surface area contributed by atoms with E-state index in [1.54, 1.807) is 0 Å². The SMILES string of the molecule is CCNC(CC)CCc1cccc(OC2CC2)c1. The van der Waals surface area contributed by atoms with Crippen LogP contribution in [0.2, 0.25) is 0 Å². The molecule has 0 amide bonds. The smallest absolute Gasteiger partial charge is 0.119 e. The Kier molecular flexibility index (Phi) is 5.06. The second-order valence-corrected chi connectivity index (χ2v) is 5.17. The summed E-state index contributed by atoms with van der Waals surface area (Å²) in [4.78, 5) is 0. The van der Waals surface area contributed by atoms with Crippen LogP contribution in [0.15, 0.2) is 24.3 Å². The molecule has 0 radical (unpaired) electrons. The maximum absolute atomic E-state index is 5.83. The lowest BCUT2D eigenvalue weighted by Crippen LogP contribution is -2.28. The Balaban J connectivity index is 1.83. The van der Waals surface area contributed by atoms with Crippen molar-refractivity contribution in [3.8, 4) is 5.75 Å². The molecule has 1 N–H and O–H groups in total. The van der Waals surface area contributed by atoms with Crippen molar-refractivity contribution in [2.24, 2.45) is 0 Å². The van der Waals surface area contributed by atoms with E-state index in [2.05, 4.69) is 43.4 Å². The van der Waals surface area contributed by atoms with E-state index in [1.807, 2.05) is 0 Å². The van der Waals surface area contributed by atoms with Crippen LogP contribution in [0.5, 0.6) is 5.75 Å². The van der Waals surface area contributed by atoms with Crippen LogP contribution < -0.4 is 10.1 Å². The highest BCUT2D eigenvalue weighted by Gasteiger charge is 2.23. The fourth-order valence-corrected chi connectivity index (χ4v) is 2.23. The summed E-state index contributed by atoms with van der Waals surface area (Å²) in [6.07, 6.45) is 6.48. The lowest BCUT2D eigenvalue weighted by Gasteiger charge is -2.15. The van der Waals surface area contributed by atoms with Gasteiger partial charge >= 0.3 is 0 Å². The molecule has 1 saturated carbocycles. The minimum absolute atomic E-state index is 0.491. The molecular weight excluding hydrogens is 222 g/mol. The van der Waals surface area contributed by atoms with Gasteiger partial charge in [0.05, 0.1) is 6.10 Å². The molecule has 1 aromatic carbocycles. The van der Waals surface area contributed by atoms with E-state index in [0.717, 1.165) is 18.7 Å². The molecular formula is C16H25NO. The average molecular weight is 247 g/mol. The maximum Gasteiger partial charge on any atom is 0.119 e. The van der Waals surface area contributed by atoms with Crippen LogP contribution in [0.25, 0.3) is 0 Å². The lowest BCUT2D eigenvalue weighted by molar-refractivity contribution is 0.303. The first-order valence-electron chi connectivity index (χ1n) is 7.30. The quantitative estimate of drug-likeness (QED) is 0.758. The van der Waals surface area contributed by atoms with Gasteiger partial charge in [-0.05, 0) is 56.3 Å². The standard InChI is InChI=1S/C16H25NO/c1-3-14(17-4-2)9-8-13-6-5-7-16(12-13)18-15-10-11-15/h5-7,12,14-15,17H,3-4,8-11H2,1-2H3. The minimum atomic E-state index is 0.491. The Labute approximate surface area is 111 Å². The molecule has 2 nitrogen and oxygen atoms in total. The molecule has 18 heavy (non-hydrogen) atoms. The molecule has 0 heterocycles. The first-order chi connectivity index (χ1) is 8.81. The third kappa shape index (κ3) is 4.34. The molecule has 1 aliphatic carbocycles. The highest BCUT2D eigenvalue weighted by atomic mass is 16.5. The molecule has 100 valence electrons. The minimum Gasteiger partial charge on any atom is -0.490 e. The number of benzene rings is 1. The van der Waals surface area contributed by atoms with Crippen molar-refractivity contribution >= 4 is 0 Å². The van der Waals surface area contributed by atoms with Gasteiger partial charge in [-0.3, -0.25) is 0 Å². The number of ether oxygens (including phenoxy) is 1. The van der Waals surface area contributed by atoms with E-state index >= 15 is 0 Å². The Morgan fingerprint density at radius 1 is 1.33 bits per heavy atom. The highest BCUT2D eigenvalue weighted by molar-refractivity contribution is 5.29. The van der Waals surface area contributed by atoms with Gasteiger partial charge in [-0.25, -0.2) is 0 Å². The largest absolute Gasteiger partial charge is 0.490 e. The van der Waals surface area contributed by atoms with Crippen LogP contribution in [-0.2, 0) is 6.42 Å².